The van der Waals surface area contributed by atoms with Gasteiger partial charge in [0, 0.05) is 17.7 Å². The summed E-state index contributed by atoms with van der Waals surface area (Å²) < 4.78 is 0. The molecule has 0 aliphatic heterocycles. The molecular weight excluding hydrogens is 260 g/mol. The summed E-state index contributed by atoms with van der Waals surface area (Å²) in [6, 6.07) is 5.62. The fraction of sp³-hybridized carbons (Fsp3) is 0.500. The largest absolute Gasteiger partial charge is 0.352 e. The van der Waals surface area contributed by atoms with Crippen LogP contribution in [0.3, 0.4) is 0 Å². The summed E-state index contributed by atoms with van der Waals surface area (Å²) in [5, 5.41) is 3.06. The Hall–Kier alpha value is -1.79. The molecule has 1 aliphatic carbocycles. The SMILES string of the molecule is Cc1cc(C(=O)NCC2CCC(C)C2)ccc1C#CCN. The van der Waals surface area contributed by atoms with Crippen molar-refractivity contribution < 1.29 is 4.79 Å². The van der Waals surface area contributed by atoms with Crippen LogP contribution in [0.4, 0.5) is 0 Å². The van der Waals surface area contributed by atoms with Crippen molar-refractivity contribution in [3.63, 3.8) is 0 Å². The van der Waals surface area contributed by atoms with Crippen molar-refractivity contribution in [1.29, 1.82) is 0 Å². The Morgan fingerprint density at radius 2 is 2.24 bits per heavy atom. The second kappa shape index (κ2) is 7.28. The van der Waals surface area contributed by atoms with Crippen molar-refractivity contribution in [2.45, 2.75) is 33.1 Å². The summed E-state index contributed by atoms with van der Waals surface area (Å²) in [6.45, 7) is 5.39. The molecule has 2 atom stereocenters. The Balaban J connectivity index is 1.94. The molecule has 1 fully saturated rings. The Bertz CT molecular complexity index is 568. The van der Waals surface area contributed by atoms with E-state index in [2.05, 4.69) is 24.1 Å². The van der Waals surface area contributed by atoms with Crippen LogP contribution >= 0.6 is 0 Å². The first-order chi connectivity index (χ1) is 10.1. The standard InChI is InChI=1S/C18H24N2O/c1-13-5-6-15(10-13)12-20-18(21)17-8-7-16(4-3-9-19)14(2)11-17/h7-8,11,13,15H,5-6,9-10,12,19H2,1-2H3,(H,20,21). The first-order valence-electron chi connectivity index (χ1n) is 7.68. The predicted octanol–water partition coefficient (Wildman–Crippen LogP) is 2.47. The molecule has 1 saturated carbocycles. The second-order valence-corrected chi connectivity index (χ2v) is 6.03. The summed E-state index contributed by atoms with van der Waals surface area (Å²) in [5.74, 6) is 7.30. The minimum Gasteiger partial charge on any atom is -0.352 e. The van der Waals surface area contributed by atoms with E-state index in [4.69, 9.17) is 5.73 Å². The van der Waals surface area contributed by atoms with E-state index < -0.39 is 0 Å². The maximum Gasteiger partial charge on any atom is 0.251 e. The van der Waals surface area contributed by atoms with Gasteiger partial charge in [-0.05, 0) is 55.4 Å². The molecule has 0 radical (unpaired) electrons. The average molecular weight is 284 g/mol. The molecule has 2 rings (SSSR count). The number of aryl methyl sites for hydroxylation is 1. The van der Waals surface area contributed by atoms with E-state index in [0.717, 1.165) is 23.6 Å². The molecule has 0 aromatic heterocycles. The summed E-state index contributed by atoms with van der Waals surface area (Å²) in [4.78, 5) is 12.2. The van der Waals surface area contributed by atoms with E-state index in [1.54, 1.807) is 0 Å². The average Bonchev–Trinajstić information content (AvgIpc) is 2.89. The molecular formula is C18H24N2O. The zero-order valence-electron chi connectivity index (χ0n) is 12.9. The van der Waals surface area contributed by atoms with Gasteiger partial charge in [-0.25, -0.2) is 0 Å². The molecule has 1 aromatic carbocycles. The number of hydrogen-bond acceptors (Lipinski definition) is 2. The summed E-state index contributed by atoms with van der Waals surface area (Å²) in [6.07, 6.45) is 3.75. The van der Waals surface area contributed by atoms with E-state index in [1.807, 2.05) is 25.1 Å². The fourth-order valence-electron chi connectivity index (χ4n) is 2.94. The quantitative estimate of drug-likeness (QED) is 0.838. The van der Waals surface area contributed by atoms with Gasteiger partial charge in [-0.15, -0.1) is 0 Å². The summed E-state index contributed by atoms with van der Waals surface area (Å²) >= 11 is 0. The minimum absolute atomic E-state index is 0.0102. The highest BCUT2D eigenvalue weighted by Gasteiger charge is 2.21. The molecule has 1 aromatic rings. The van der Waals surface area contributed by atoms with Crippen LogP contribution in [0.15, 0.2) is 18.2 Å². The first kappa shape index (κ1) is 15.6. The van der Waals surface area contributed by atoms with Crippen molar-refractivity contribution in [2.75, 3.05) is 13.1 Å². The zero-order valence-corrected chi connectivity index (χ0v) is 12.9. The second-order valence-electron chi connectivity index (χ2n) is 6.03. The van der Waals surface area contributed by atoms with Crippen LogP contribution in [0.1, 0.15) is 47.7 Å². The van der Waals surface area contributed by atoms with Gasteiger partial charge in [0.1, 0.15) is 0 Å². The van der Waals surface area contributed by atoms with Gasteiger partial charge < -0.3 is 11.1 Å². The molecule has 21 heavy (non-hydrogen) atoms. The molecule has 2 unspecified atom stereocenters. The highest BCUT2D eigenvalue weighted by atomic mass is 16.1. The smallest absolute Gasteiger partial charge is 0.251 e. The molecule has 0 spiro atoms. The number of carbonyl (C=O) groups is 1. The topological polar surface area (TPSA) is 55.1 Å². The zero-order chi connectivity index (χ0) is 15.2. The van der Waals surface area contributed by atoms with Crippen LogP contribution in [-0.4, -0.2) is 19.0 Å². The van der Waals surface area contributed by atoms with Gasteiger partial charge in [-0.2, -0.15) is 0 Å². The van der Waals surface area contributed by atoms with Crippen LogP contribution in [0.2, 0.25) is 0 Å². The Kier molecular flexibility index (Phi) is 5.41. The maximum absolute atomic E-state index is 12.2. The number of nitrogens with two attached hydrogens (primary N) is 1. The molecule has 1 aliphatic rings. The maximum atomic E-state index is 12.2. The van der Waals surface area contributed by atoms with Crippen LogP contribution in [0.5, 0.6) is 0 Å². The lowest BCUT2D eigenvalue weighted by Gasteiger charge is -2.11. The van der Waals surface area contributed by atoms with Crippen molar-refractivity contribution in [3.05, 3.63) is 34.9 Å². The van der Waals surface area contributed by atoms with Gasteiger partial charge in [0.05, 0.1) is 6.54 Å². The lowest BCUT2D eigenvalue weighted by molar-refractivity contribution is 0.0947. The van der Waals surface area contributed by atoms with Gasteiger partial charge in [-0.3, -0.25) is 4.79 Å². The van der Waals surface area contributed by atoms with Crippen molar-refractivity contribution >= 4 is 5.91 Å². The number of hydrogen-bond donors (Lipinski definition) is 2. The summed E-state index contributed by atoms with van der Waals surface area (Å²) in [5.41, 5.74) is 8.03. The molecule has 3 nitrogen and oxygen atoms in total. The Morgan fingerprint density at radius 3 is 2.86 bits per heavy atom. The van der Waals surface area contributed by atoms with Crippen molar-refractivity contribution in [2.24, 2.45) is 17.6 Å². The van der Waals surface area contributed by atoms with Gasteiger partial charge in [-0.1, -0.05) is 25.2 Å². The minimum atomic E-state index is 0.0102. The normalized spacial score (nSPS) is 20.7. The van der Waals surface area contributed by atoms with Crippen LogP contribution < -0.4 is 11.1 Å². The number of benzene rings is 1. The number of carbonyl (C=O) groups excluding carboxylic acids is 1. The van der Waals surface area contributed by atoms with Crippen LogP contribution in [-0.2, 0) is 0 Å². The third-order valence-electron chi connectivity index (χ3n) is 4.17. The molecule has 1 amide bonds. The van der Waals surface area contributed by atoms with Crippen molar-refractivity contribution in [3.8, 4) is 11.8 Å². The van der Waals surface area contributed by atoms with Crippen LogP contribution in [0.25, 0.3) is 0 Å². The molecule has 3 heteroatoms. The van der Waals surface area contributed by atoms with E-state index >= 15 is 0 Å². The Morgan fingerprint density at radius 1 is 1.43 bits per heavy atom. The molecule has 112 valence electrons. The molecule has 3 N–H and O–H groups in total. The highest BCUT2D eigenvalue weighted by molar-refractivity contribution is 5.94. The monoisotopic (exact) mass is 284 g/mol. The number of rotatable bonds is 3. The lowest BCUT2D eigenvalue weighted by atomic mass is 10.0. The third kappa shape index (κ3) is 4.34. The highest BCUT2D eigenvalue weighted by Crippen LogP contribution is 2.29. The van der Waals surface area contributed by atoms with Gasteiger partial charge >= 0.3 is 0 Å². The molecule has 0 bridgehead atoms. The lowest BCUT2D eigenvalue weighted by Crippen LogP contribution is -2.28. The predicted molar refractivity (Wildman–Crippen MR) is 85.9 cm³/mol. The molecule has 0 heterocycles. The van der Waals surface area contributed by atoms with Crippen molar-refractivity contribution in [1.82, 2.24) is 5.32 Å². The molecule has 0 saturated heterocycles. The van der Waals surface area contributed by atoms with Crippen LogP contribution in [0, 0.1) is 30.6 Å². The van der Waals surface area contributed by atoms with E-state index in [9.17, 15) is 4.79 Å². The van der Waals surface area contributed by atoms with Gasteiger partial charge in [0.25, 0.3) is 5.91 Å². The summed E-state index contributed by atoms with van der Waals surface area (Å²) in [7, 11) is 0. The number of nitrogens with one attached hydrogen (secondary N) is 1. The third-order valence-corrected chi connectivity index (χ3v) is 4.17. The number of amides is 1. The fourth-order valence-corrected chi connectivity index (χ4v) is 2.94. The van der Waals surface area contributed by atoms with E-state index in [1.165, 1.54) is 19.3 Å². The van der Waals surface area contributed by atoms with E-state index in [-0.39, 0.29) is 5.91 Å². The van der Waals surface area contributed by atoms with E-state index in [0.29, 0.717) is 18.0 Å². The van der Waals surface area contributed by atoms with Gasteiger partial charge in [0.15, 0.2) is 0 Å². The first-order valence-corrected chi connectivity index (χ1v) is 7.68. The van der Waals surface area contributed by atoms with Gasteiger partial charge in [0.2, 0.25) is 0 Å². The Labute approximate surface area is 127 Å².